The van der Waals surface area contributed by atoms with Crippen molar-refractivity contribution < 1.29 is 18.5 Å². The molecule has 1 spiro atoms. The molecule has 0 N–H and O–H groups in total. The molecule has 2 unspecified atom stereocenters. The Morgan fingerprint density at radius 1 is 1.03 bits per heavy atom. The number of allylic oxidation sites excluding steroid dienone is 1. The molecule has 0 amide bonds. The van der Waals surface area contributed by atoms with E-state index < -0.39 is 16.6 Å². The fraction of sp³-hybridized carbons (Fsp3) is 0.700. The Balaban J connectivity index is 1.24. The van der Waals surface area contributed by atoms with Gasteiger partial charge in [-0.1, -0.05) is 50.6 Å². The van der Waals surface area contributed by atoms with E-state index >= 15 is 0 Å². The Labute approximate surface area is 212 Å². The smallest absolute Gasteiger partial charge is 0.172 e. The molecule has 1 aromatic rings. The quantitative estimate of drug-likeness (QED) is 0.476. The van der Waals surface area contributed by atoms with Gasteiger partial charge in [0, 0.05) is 28.6 Å². The van der Waals surface area contributed by atoms with Crippen molar-refractivity contribution in [1.82, 2.24) is 0 Å². The Morgan fingerprint density at radius 3 is 2.49 bits per heavy atom. The van der Waals surface area contributed by atoms with Crippen LogP contribution in [0.3, 0.4) is 0 Å². The fourth-order valence-corrected chi connectivity index (χ4v) is 9.89. The number of rotatable bonds is 3. The summed E-state index contributed by atoms with van der Waals surface area (Å²) in [6.07, 6.45) is 10.3. The second-order valence-electron chi connectivity index (χ2n) is 12.7. The lowest BCUT2D eigenvalue weighted by Crippen LogP contribution is -2.52. The van der Waals surface area contributed by atoms with Gasteiger partial charge in [0.05, 0.1) is 29.3 Å². The van der Waals surface area contributed by atoms with Crippen LogP contribution in [0.15, 0.2) is 46.9 Å². The third-order valence-electron chi connectivity index (χ3n) is 10.2. The minimum atomic E-state index is -1.27. The largest absolute Gasteiger partial charge is 0.349 e. The summed E-state index contributed by atoms with van der Waals surface area (Å²) in [6.45, 7) is 8.13. The first kappa shape index (κ1) is 24.1. The third-order valence-corrected chi connectivity index (χ3v) is 11.9. The molecule has 1 aliphatic heterocycles. The molecule has 190 valence electrons. The van der Waals surface area contributed by atoms with Crippen LogP contribution in [0.1, 0.15) is 72.1 Å². The molecule has 1 heterocycles. The van der Waals surface area contributed by atoms with Gasteiger partial charge in [0.15, 0.2) is 11.6 Å². The number of ether oxygens (including phenoxy) is 2. The molecular weight excluding hydrogens is 456 g/mol. The second kappa shape index (κ2) is 8.63. The Hall–Kier alpha value is -1.30. The number of hydrogen-bond acceptors (Lipinski definition) is 4. The zero-order chi connectivity index (χ0) is 24.4. The van der Waals surface area contributed by atoms with Crippen molar-refractivity contribution in [3.8, 4) is 0 Å². The molecular formula is C30H40O4S. The maximum absolute atomic E-state index is 13.9. The van der Waals surface area contributed by atoms with Gasteiger partial charge in [-0.25, -0.2) is 0 Å². The lowest BCUT2D eigenvalue weighted by molar-refractivity contribution is -0.307. The van der Waals surface area contributed by atoms with E-state index in [0.717, 1.165) is 69.5 Å². The summed E-state index contributed by atoms with van der Waals surface area (Å²) < 4.78 is 26.2. The van der Waals surface area contributed by atoms with E-state index in [0.29, 0.717) is 23.7 Å². The highest BCUT2D eigenvalue weighted by atomic mass is 32.2. The highest BCUT2D eigenvalue weighted by Gasteiger charge is 2.62. The normalized spacial score (nSPS) is 40.4. The molecule has 6 rings (SSSR count). The number of benzene rings is 1. The number of hydrogen-bond donors (Lipinski definition) is 0. The lowest BCUT2D eigenvalue weighted by Gasteiger charge is -2.55. The molecule has 5 aliphatic rings. The minimum absolute atomic E-state index is 0.0897. The van der Waals surface area contributed by atoms with E-state index in [1.807, 2.05) is 30.3 Å². The Bertz CT molecular complexity index is 1040. The van der Waals surface area contributed by atoms with E-state index in [2.05, 4.69) is 26.8 Å². The molecule has 35 heavy (non-hydrogen) atoms. The molecule has 3 saturated carbocycles. The lowest BCUT2D eigenvalue weighted by atomic mass is 9.51. The van der Waals surface area contributed by atoms with E-state index in [4.69, 9.17) is 9.47 Å². The van der Waals surface area contributed by atoms with E-state index in [-0.39, 0.29) is 21.9 Å². The van der Waals surface area contributed by atoms with Crippen molar-refractivity contribution in [2.45, 2.75) is 88.1 Å². The van der Waals surface area contributed by atoms with Crippen molar-refractivity contribution in [3.05, 3.63) is 42.0 Å². The summed E-state index contributed by atoms with van der Waals surface area (Å²) in [6, 6.07) is 9.62. The minimum Gasteiger partial charge on any atom is -0.349 e. The summed E-state index contributed by atoms with van der Waals surface area (Å²) in [5.41, 5.74) is 1.35. The zero-order valence-corrected chi connectivity index (χ0v) is 22.3. The van der Waals surface area contributed by atoms with Gasteiger partial charge in [0.1, 0.15) is 0 Å². The van der Waals surface area contributed by atoms with Gasteiger partial charge >= 0.3 is 0 Å². The van der Waals surface area contributed by atoms with E-state index in [1.165, 1.54) is 5.57 Å². The van der Waals surface area contributed by atoms with Crippen molar-refractivity contribution in [1.29, 1.82) is 0 Å². The predicted molar refractivity (Wildman–Crippen MR) is 137 cm³/mol. The molecule has 1 saturated heterocycles. The fourth-order valence-electron chi connectivity index (χ4n) is 8.33. The predicted octanol–water partition coefficient (Wildman–Crippen LogP) is 6.07. The summed E-state index contributed by atoms with van der Waals surface area (Å²) in [5, 5.41) is -0.353. The van der Waals surface area contributed by atoms with Crippen LogP contribution in [-0.2, 0) is 25.1 Å². The highest BCUT2D eigenvalue weighted by molar-refractivity contribution is 7.86. The standard InChI is InChI=1S/C30H40O4S/c1-4-29-14-12-23-22-13-15-30(33-18-28(2,3)19-34-30)17-20(22)10-11-24(23)25(29)16-26(27(29)31)35(32)21-8-6-5-7-9-21/h5-10,22-26H,4,11-19H2,1-3H3/t22-,23+,24+,25-,26?,29-,35?/m0/s1. The van der Waals surface area contributed by atoms with Gasteiger partial charge in [0.2, 0.25) is 0 Å². The highest BCUT2D eigenvalue weighted by Crippen LogP contribution is 2.63. The first-order chi connectivity index (χ1) is 16.8. The maximum Gasteiger partial charge on any atom is 0.172 e. The summed E-state index contributed by atoms with van der Waals surface area (Å²) in [5.74, 6) is 1.97. The van der Waals surface area contributed by atoms with Crippen LogP contribution in [-0.4, -0.2) is 34.2 Å². The Morgan fingerprint density at radius 2 is 1.77 bits per heavy atom. The number of fused-ring (bicyclic) bond motifs is 5. The molecule has 4 fully saturated rings. The summed E-state index contributed by atoms with van der Waals surface area (Å²) in [4.78, 5) is 14.7. The molecule has 0 aromatic heterocycles. The molecule has 7 atom stereocenters. The average Bonchev–Trinajstić information content (AvgIpc) is 3.18. The van der Waals surface area contributed by atoms with Gasteiger partial charge < -0.3 is 9.47 Å². The maximum atomic E-state index is 13.9. The van der Waals surface area contributed by atoms with E-state index in [9.17, 15) is 9.00 Å². The van der Waals surface area contributed by atoms with Gasteiger partial charge in [-0.2, -0.15) is 0 Å². The SMILES string of the molecule is CC[C@]12CC[C@H]3[C@@H](CC=C4CC5(CC[C@@H]43)OCC(C)(C)CO5)[C@@H]1CC(S(=O)c1ccccc1)C2=O. The number of carbonyl (C=O) groups excluding carboxylic acids is 1. The monoisotopic (exact) mass is 496 g/mol. The van der Waals surface area contributed by atoms with Crippen LogP contribution in [0.2, 0.25) is 0 Å². The number of carbonyl (C=O) groups is 1. The summed E-state index contributed by atoms with van der Waals surface area (Å²) >= 11 is 0. The third kappa shape index (κ3) is 3.83. The molecule has 0 bridgehead atoms. The van der Waals surface area contributed by atoms with Crippen molar-refractivity contribution >= 4 is 16.6 Å². The second-order valence-corrected chi connectivity index (χ2v) is 14.3. The van der Waals surface area contributed by atoms with Crippen molar-refractivity contribution in [2.75, 3.05) is 13.2 Å². The first-order valence-electron chi connectivity index (χ1n) is 13.7. The Kier molecular flexibility index (Phi) is 5.93. The van der Waals surface area contributed by atoms with E-state index in [1.54, 1.807) is 0 Å². The molecule has 5 heteroatoms. The van der Waals surface area contributed by atoms with Crippen LogP contribution in [0.25, 0.3) is 0 Å². The van der Waals surface area contributed by atoms with Crippen LogP contribution in [0, 0.1) is 34.5 Å². The molecule has 4 nitrogen and oxygen atoms in total. The van der Waals surface area contributed by atoms with Gasteiger partial charge in [0.25, 0.3) is 0 Å². The average molecular weight is 497 g/mol. The van der Waals surface area contributed by atoms with Crippen molar-refractivity contribution in [2.24, 2.45) is 34.5 Å². The van der Waals surface area contributed by atoms with Gasteiger partial charge in [-0.05, 0) is 74.3 Å². The van der Waals surface area contributed by atoms with Crippen LogP contribution < -0.4 is 0 Å². The van der Waals surface area contributed by atoms with Crippen molar-refractivity contribution in [3.63, 3.8) is 0 Å². The molecule has 4 aliphatic carbocycles. The number of Topliss-reactive ketones (excluding diaryl/α,β-unsaturated/α-hetero) is 1. The molecule has 1 aromatic carbocycles. The van der Waals surface area contributed by atoms with Gasteiger partial charge in [-0.15, -0.1) is 0 Å². The van der Waals surface area contributed by atoms with Crippen LogP contribution in [0.4, 0.5) is 0 Å². The molecule has 0 radical (unpaired) electrons. The zero-order valence-electron chi connectivity index (χ0n) is 21.5. The summed E-state index contributed by atoms with van der Waals surface area (Å²) in [7, 11) is -1.27. The topological polar surface area (TPSA) is 52.6 Å². The van der Waals surface area contributed by atoms with Crippen LogP contribution >= 0.6 is 0 Å². The first-order valence-corrected chi connectivity index (χ1v) is 15.0. The number of ketones is 1. The van der Waals surface area contributed by atoms with Gasteiger partial charge in [-0.3, -0.25) is 9.00 Å². The van der Waals surface area contributed by atoms with Crippen LogP contribution in [0.5, 0.6) is 0 Å².